The summed E-state index contributed by atoms with van der Waals surface area (Å²) in [6.07, 6.45) is 0.961. The van der Waals surface area contributed by atoms with Crippen LogP contribution in [0.25, 0.3) is 0 Å². The highest BCUT2D eigenvalue weighted by Gasteiger charge is 2.21. The summed E-state index contributed by atoms with van der Waals surface area (Å²) >= 11 is 0. The molecule has 0 N–H and O–H groups in total. The van der Waals surface area contributed by atoms with Gasteiger partial charge in [0.05, 0.1) is 7.11 Å². The molecule has 2 nitrogen and oxygen atoms in total. The van der Waals surface area contributed by atoms with E-state index in [2.05, 4.69) is 38.7 Å². The third-order valence-electron chi connectivity index (χ3n) is 4.79. The Bertz CT molecular complexity index is 643. The van der Waals surface area contributed by atoms with E-state index >= 15 is 0 Å². The van der Waals surface area contributed by atoms with Crippen LogP contribution in [0.4, 0.5) is 4.39 Å². The van der Waals surface area contributed by atoms with Crippen molar-refractivity contribution in [1.82, 2.24) is 4.90 Å². The lowest BCUT2D eigenvalue weighted by molar-refractivity contribution is 0.170. The van der Waals surface area contributed by atoms with Crippen molar-refractivity contribution in [1.29, 1.82) is 0 Å². The molecule has 0 radical (unpaired) electrons. The lowest BCUT2D eigenvalue weighted by Crippen LogP contribution is -2.38. The van der Waals surface area contributed by atoms with E-state index in [9.17, 15) is 4.39 Å². The SMILES string of the molecule is COc1ccccc1C(CCN(C(C)C)C(C)C)c1ccc(F)cc1. The molecule has 0 heterocycles. The Kier molecular flexibility index (Phi) is 7.01. The first-order chi connectivity index (χ1) is 11.9. The average Bonchev–Trinajstić information content (AvgIpc) is 2.59. The molecule has 0 saturated carbocycles. The van der Waals surface area contributed by atoms with Gasteiger partial charge >= 0.3 is 0 Å². The van der Waals surface area contributed by atoms with E-state index in [0.29, 0.717) is 12.1 Å². The number of para-hydroxylation sites is 1. The van der Waals surface area contributed by atoms with E-state index < -0.39 is 0 Å². The highest BCUT2D eigenvalue weighted by molar-refractivity contribution is 5.42. The predicted octanol–water partition coefficient (Wildman–Crippen LogP) is 5.48. The summed E-state index contributed by atoms with van der Waals surface area (Å²) < 4.78 is 19.0. The second-order valence-corrected chi connectivity index (χ2v) is 7.06. The molecule has 3 heteroatoms. The van der Waals surface area contributed by atoms with Gasteiger partial charge in [-0.15, -0.1) is 0 Å². The molecule has 136 valence electrons. The van der Waals surface area contributed by atoms with Crippen molar-refractivity contribution in [3.05, 3.63) is 65.5 Å². The first kappa shape index (κ1) is 19.5. The van der Waals surface area contributed by atoms with Crippen LogP contribution in [0, 0.1) is 5.82 Å². The van der Waals surface area contributed by atoms with Gasteiger partial charge in [0.15, 0.2) is 0 Å². The minimum Gasteiger partial charge on any atom is -0.496 e. The molecule has 0 bridgehead atoms. The predicted molar refractivity (Wildman–Crippen MR) is 103 cm³/mol. The number of halogens is 1. The minimum absolute atomic E-state index is 0.178. The van der Waals surface area contributed by atoms with Gasteiger partial charge in [-0.05, 0) is 64.4 Å². The molecule has 2 aromatic rings. The molecule has 25 heavy (non-hydrogen) atoms. The summed E-state index contributed by atoms with van der Waals surface area (Å²) in [7, 11) is 1.70. The zero-order valence-electron chi connectivity index (χ0n) is 16.0. The fourth-order valence-electron chi connectivity index (χ4n) is 3.54. The maximum Gasteiger partial charge on any atom is 0.123 e. The van der Waals surface area contributed by atoms with Crippen molar-refractivity contribution in [3.63, 3.8) is 0 Å². The molecule has 1 unspecified atom stereocenters. The normalized spacial score (nSPS) is 12.8. The average molecular weight is 343 g/mol. The van der Waals surface area contributed by atoms with E-state index in [1.165, 1.54) is 0 Å². The zero-order chi connectivity index (χ0) is 18.4. The van der Waals surface area contributed by atoms with Crippen molar-refractivity contribution < 1.29 is 9.13 Å². The lowest BCUT2D eigenvalue weighted by Gasteiger charge is -2.32. The Morgan fingerprint density at radius 3 is 2.08 bits per heavy atom. The molecule has 0 saturated heterocycles. The summed E-state index contributed by atoms with van der Waals surface area (Å²) in [6, 6.07) is 16.0. The second-order valence-electron chi connectivity index (χ2n) is 7.06. The van der Waals surface area contributed by atoms with Crippen molar-refractivity contribution in [2.45, 2.75) is 52.1 Å². The van der Waals surface area contributed by atoms with Gasteiger partial charge in [-0.3, -0.25) is 4.90 Å². The van der Waals surface area contributed by atoms with Gasteiger partial charge in [0, 0.05) is 23.6 Å². The fourth-order valence-corrected chi connectivity index (χ4v) is 3.54. The van der Waals surface area contributed by atoms with Crippen LogP contribution in [-0.4, -0.2) is 30.6 Å². The van der Waals surface area contributed by atoms with Crippen LogP contribution in [0.15, 0.2) is 48.5 Å². The molecule has 1 atom stereocenters. The molecule has 0 amide bonds. The smallest absolute Gasteiger partial charge is 0.123 e. The van der Waals surface area contributed by atoms with Crippen molar-refractivity contribution in [2.75, 3.05) is 13.7 Å². The molecular formula is C22H30FNO. The Balaban J connectivity index is 2.34. The van der Waals surface area contributed by atoms with Gasteiger partial charge in [0.25, 0.3) is 0 Å². The third-order valence-corrected chi connectivity index (χ3v) is 4.79. The molecular weight excluding hydrogens is 313 g/mol. The Morgan fingerprint density at radius 1 is 0.920 bits per heavy atom. The van der Waals surface area contributed by atoms with E-state index in [0.717, 1.165) is 29.8 Å². The number of rotatable bonds is 8. The summed E-state index contributed by atoms with van der Waals surface area (Å²) in [4.78, 5) is 2.49. The maximum atomic E-state index is 13.4. The third kappa shape index (κ3) is 5.05. The number of hydrogen-bond donors (Lipinski definition) is 0. The van der Waals surface area contributed by atoms with Crippen LogP contribution in [-0.2, 0) is 0 Å². The summed E-state index contributed by atoms with van der Waals surface area (Å²) in [5, 5.41) is 0. The van der Waals surface area contributed by atoms with Crippen molar-refractivity contribution in [3.8, 4) is 5.75 Å². The van der Waals surface area contributed by atoms with Crippen LogP contribution >= 0.6 is 0 Å². The fraction of sp³-hybridized carbons (Fsp3) is 0.455. The minimum atomic E-state index is -0.200. The van der Waals surface area contributed by atoms with Gasteiger partial charge in [-0.25, -0.2) is 4.39 Å². The molecule has 0 fully saturated rings. The summed E-state index contributed by atoms with van der Waals surface area (Å²) in [5.74, 6) is 0.864. The topological polar surface area (TPSA) is 12.5 Å². The summed E-state index contributed by atoms with van der Waals surface area (Å²) in [6.45, 7) is 9.91. The van der Waals surface area contributed by atoms with Gasteiger partial charge in [0.2, 0.25) is 0 Å². The van der Waals surface area contributed by atoms with Gasteiger partial charge < -0.3 is 4.74 Å². The first-order valence-corrected chi connectivity index (χ1v) is 9.08. The number of hydrogen-bond acceptors (Lipinski definition) is 2. The highest BCUT2D eigenvalue weighted by atomic mass is 19.1. The van der Waals surface area contributed by atoms with E-state index in [1.807, 2.05) is 30.3 Å². The van der Waals surface area contributed by atoms with Crippen LogP contribution in [0.5, 0.6) is 5.75 Å². The first-order valence-electron chi connectivity index (χ1n) is 9.08. The zero-order valence-corrected chi connectivity index (χ0v) is 16.0. The molecule has 0 aliphatic carbocycles. The van der Waals surface area contributed by atoms with Crippen molar-refractivity contribution in [2.24, 2.45) is 0 Å². The highest BCUT2D eigenvalue weighted by Crippen LogP contribution is 2.34. The lowest BCUT2D eigenvalue weighted by atomic mass is 9.87. The van der Waals surface area contributed by atoms with Gasteiger partial charge in [0.1, 0.15) is 11.6 Å². The van der Waals surface area contributed by atoms with E-state index in [4.69, 9.17) is 4.74 Å². The monoisotopic (exact) mass is 343 g/mol. The molecule has 2 aromatic carbocycles. The number of methoxy groups -OCH3 is 1. The molecule has 2 rings (SSSR count). The van der Waals surface area contributed by atoms with E-state index in [1.54, 1.807) is 19.2 Å². The van der Waals surface area contributed by atoms with Crippen LogP contribution in [0.3, 0.4) is 0 Å². The van der Waals surface area contributed by atoms with Crippen molar-refractivity contribution >= 4 is 0 Å². The standard InChI is InChI=1S/C22H30FNO/c1-16(2)24(17(3)4)15-14-20(18-10-12-19(23)13-11-18)21-8-6-7-9-22(21)25-5/h6-13,16-17,20H,14-15H2,1-5H3. The largest absolute Gasteiger partial charge is 0.496 e. The number of benzene rings is 2. The Morgan fingerprint density at radius 2 is 1.52 bits per heavy atom. The van der Waals surface area contributed by atoms with Crippen LogP contribution < -0.4 is 4.74 Å². The molecule has 0 aliphatic rings. The molecule has 0 aromatic heterocycles. The number of ether oxygens (including phenoxy) is 1. The molecule has 0 aliphatic heterocycles. The Hall–Kier alpha value is -1.87. The van der Waals surface area contributed by atoms with Gasteiger partial charge in [-0.2, -0.15) is 0 Å². The van der Waals surface area contributed by atoms with E-state index in [-0.39, 0.29) is 11.7 Å². The van der Waals surface area contributed by atoms with Gasteiger partial charge in [-0.1, -0.05) is 30.3 Å². The maximum absolute atomic E-state index is 13.4. The second kappa shape index (κ2) is 9.00. The van der Waals surface area contributed by atoms with Crippen LogP contribution in [0.1, 0.15) is 51.2 Å². The Labute approximate surface area is 151 Å². The summed E-state index contributed by atoms with van der Waals surface area (Å²) in [5.41, 5.74) is 2.28. The quantitative estimate of drug-likeness (QED) is 0.630. The van der Waals surface area contributed by atoms with Crippen LogP contribution in [0.2, 0.25) is 0 Å². The number of nitrogens with zero attached hydrogens (tertiary/aromatic N) is 1. The molecule has 0 spiro atoms.